The molecule has 27 heavy (non-hydrogen) atoms. The Morgan fingerprint density at radius 2 is 1.59 bits per heavy atom. The minimum atomic E-state index is -3.39. The van der Waals surface area contributed by atoms with E-state index in [1.165, 1.54) is 0 Å². The number of amides is 1. The van der Waals surface area contributed by atoms with Crippen molar-refractivity contribution in [2.45, 2.75) is 63.5 Å². The highest BCUT2D eigenvalue weighted by Gasteiger charge is 2.38. The molecule has 0 radical (unpaired) electrons. The minimum absolute atomic E-state index is 0.00940. The van der Waals surface area contributed by atoms with Gasteiger partial charge in [-0.2, -0.15) is 17.0 Å². The Bertz CT molecular complexity index is 615. The van der Waals surface area contributed by atoms with Gasteiger partial charge in [-0.1, -0.05) is 0 Å². The Morgan fingerprint density at radius 1 is 1.00 bits per heavy atom. The maximum atomic E-state index is 12.8. The SMILES string of the molecule is CC(=O)NC1CCN(CC2(O)CCCN(S(=O)(=O)N3CCCC3)CC2)CC1. The van der Waals surface area contributed by atoms with Crippen LogP contribution < -0.4 is 5.32 Å². The molecule has 3 rings (SSSR count). The third kappa shape index (κ3) is 5.41. The predicted octanol–water partition coefficient (Wildman–Crippen LogP) is 0.145. The van der Waals surface area contributed by atoms with Gasteiger partial charge >= 0.3 is 0 Å². The summed E-state index contributed by atoms with van der Waals surface area (Å²) in [5.41, 5.74) is -0.837. The van der Waals surface area contributed by atoms with Crippen LogP contribution in [0, 0.1) is 0 Å². The van der Waals surface area contributed by atoms with Gasteiger partial charge < -0.3 is 15.3 Å². The van der Waals surface area contributed by atoms with E-state index in [0.717, 1.165) is 38.8 Å². The molecular formula is C18H34N4O4S. The quantitative estimate of drug-likeness (QED) is 0.683. The van der Waals surface area contributed by atoms with Gasteiger partial charge in [0.15, 0.2) is 0 Å². The molecule has 1 unspecified atom stereocenters. The monoisotopic (exact) mass is 402 g/mol. The molecule has 3 fully saturated rings. The first-order chi connectivity index (χ1) is 12.8. The van der Waals surface area contributed by atoms with Crippen molar-refractivity contribution in [2.24, 2.45) is 0 Å². The van der Waals surface area contributed by atoms with Crippen LogP contribution >= 0.6 is 0 Å². The molecule has 9 heteroatoms. The molecule has 3 saturated heterocycles. The lowest BCUT2D eigenvalue weighted by Crippen LogP contribution is -2.50. The fourth-order valence-corrected chi connectivity index (χ4v) is 6.29. The summed E-state index contributed by atoms with van der Waals surface area (Å²) < 4.78 is 28.7. The lowest BCUT2D eigenvalue weighted by Gasteiger charge is -2.38. The standard InChI is InChI=1S/C18H34N4O4S/c1-16(23)19-17-5-12-20(13-6-17)15-18(24)7-4-11-22(14-8-18)27(25,26)21-9-2-3-10-21/h17,24H,2-15H2,1H3,(H,19,23). The van der Waals surface area contributed by atoms with Gasteiger partial charge in [0.2, 0.25) is 5.91 Å². The van der Waals surface area contributed by atoms with Crippen molar-refractivity contribution >= 4 is 16.1 Å². The number of carbonyl (C=O) groups excluding carboxylic acids is 1. The number of piperidine rings is 1. The van der Waals surface area contributed by atoms with Crippen LogP contribution in [0.2, 0.25) is 0 Å². The van der Waals surface area contributed by atoms with Gasteiger partial charge in [0, 0.05) is 58.8 Å². The van der Waals surface area contributed by atoms with Gasteiger partial charge in [-0.15, -0.1) is 0 Å². The van der Waals surface area contributed by atoms with E-state index in [2.05, 4.69) is 10.2 Å². The Hall–Kier alpha value is -0.740. The third-order valence-electron chi connectivity index (χ3n) is 6.11. The molecule has 0 aromatic carbocycles. The largest absolute Gasteiger partial charge is 0.389 e. The zero-order valence-electron chi connectivity index (χ0n) is 16.4. The van der Waals surface area contributed by atoms with Crippen LogP contribution in [0.25, 0.3) is 0 Å². The summed E-state index contributed by atoms with van der Waals surface area (Å²) in [6.07, 6.45) is 5.45. The molecule has 0 aliphatic carbocycles. The Labute approximate surface area is 163 Å². The van der Waals surface area contributed by atoms with Crippen LogP contribution in [-0.4, -0.2) is 90.4 Å². The smallest absolute Gasteiger partial charge is 0.281 e. The van der Waals surface area contributed by atoms with Crippen LogP contribution in [0.4, 0.5) is 0 Å². The Kier molecular flexibility index (Phi) is 6.79. The molecule has 3 heterocycles. The molecule has 1 atom stereocenters. The summed E-state index contributed by atoms with van der Waals surface area (Å²) >= 11 is 0. The van der Waals surface area contributed by atoms with Crippen molar-refractivity contribution < 1.29 is 18.3 Å². The van der Waals surface area contributed by atoms with E-state index in [-0.39, 0.29) is 11.9 Å². The van der Waals surface area contributed by atoms with Crippen molar-refractivity contribution in [3.63, 3.8) is 0 Å². The highest BCUT2D eigenvalue weighted by molar-refractivity contribution is 7.86. The van der Waals surface area contributed by atoms with E-state index in [0.29, 0.717) is 52.0 Å². The van der Waals surface area contributed by atoms with Crippen LogP contribution in [0.15, 0.2) is 0 Å². The van der Waals surface area contributed by atoms with E-state index in [1.54, 1.807) is 15.5 Å². The zero-order valence-corrected chi connectivity index (χ0v) is 17.2. The van der Waals surface area contributed by atoms with Crippen molar-refractivity contribution in [2.75, 3.05) is 45.8 Å². The second-order valence-electron chi connectivity index (χ2n) is 8.34. The van der Waals surface area contributed by atoms with Crippen molar-refractivity contribution in [3.8, 4) is 0 Å². The summed E-state index contributed by atoms with van der Waals surface area (Å²) in [7, 11) is -3.39. The average molecular weight is 403 g/mol. The van der Waals surface area contributed by atoms with E-state index < -0.39 is 15.8 Å². The minimum Gasteiger partial charge on any atom is -0.389 e. The van der Waals surface area contributed by atoms with E-state index in [1.807, 2.05) is 0 Å². The fourth-order valence-electron chi connectivity index (χ4n) is 4.56. The number of nitrogens with zero attached hydrogens (tertiary/aromatic N) is 3. The van der Waals surface area contributed by atoms with Gasteiger partial charge in [-0.05, 0) is 44.9 Å². The van der Waals surface area contributed by atoms with E-state index >= 15 is 0 Å². The molecule has 3 aliphatic heterocycles. The predicted molar refractivity (Wildman–Crippen MR) is 103 cm³/mol. The Morgan fingerprint density at radius 3 is 2.22 bits per heavy atom. The third-order valence-corrected chi connectivity index (χ3v) is 8.14. The molecule has 1 amide bonds. The van der Waals surface area contributed by atoms with Crippen LogP contribution in [0.1, 0.15) is 51.9 Å². The molecule has 3 aliphatic rings. The molecule has 0 spiro atoms. The highest BCUT2D eigenvalue weighted by atomic mass is 32.2. The van der Waals surface area contributed by atoms with Gasteiger partial charge in [0.25, 0.3) is 10.2 Å². The van der Waals surface area contributed by atoms with E-state index in [9.17, 15) is 18.3 Å². The number of hydrogen-bond donors (Lipinski definition) is 2. The second-order valence-corrected chi connectivity index (χ2v) is 10.3. The molecule has 0 aromatic rings. The van der Waals surface area contributed by atoms with Crippen LogP contribution in [0.5, 0.6) is 0 Å². The molecule has 156 valence electrons. The first kappa shape index (κ1) is 21.0. The number of hydrogen-bond acceptors (Lipinski definition) is 5. The molecule has 0 bridgehead atoms. The maximum absolute atomic E-state index is 12.8. The number of likely N-dealkylation sites (tertiary alicyclic amines) is 1. The summed E-state index contributed by atoms with van der Waals surface area (Å²) in [5.74, 6) is 0.00940. The van der Waals surface area contributed by atoms with Gasteiger partial charge in [-0.25, -0.2) is 0 Å². The van der Waals surface area contributed by atoms with Crippen molar-refractivity contribution in [3.05, 3.63) is 0 Å². The maximum Gasteiger partial charge on any atom is 0.281 e. The lowest BCUT2D eigenvalue weighted by molar-refractivity contribution is -0.120. The van der Waals surface area contributed by atoms with Gasteiger partial charge in [-0.3, -0.25) is 4.79 Å². The number of rotatable bonds is 5. The Balaban J connectivity index is 1.51. The van der Waals surface area contributed by atoms with Crippen LogP contribution in [0.3, 0.4) is 0 Å². The van der Waals surface area contributed by atoms with Gasteiger partial charge in [0.1, 0.15) is 0 Å². The zero-order chi connectivity index (χ0) is 19.5. The average Bonchev–Trinajstić information content (AvgIpc) is 3.08. The highest BCUT2D eigenvalue weighted by Crippen LogP contribution is 2.27. The second kappa shape index (κ2) is 8.73. The summed E-state index contributed by atoms with van der Waals surface area (Å²) in [5, 5.41) is 14.1. The first-order valence-corrected chi connectivity index (χ1v) is 11.7. The normalized spacial score (nSPS) is 30.3. The summed E-state index contributed by atoms with van der Waals surface area (Å²) in [6, 6.07) is 0.226. The molecule has 0 saturated carbocycles. The molecule has 8 nitrogen and oxygen atoms in total. The summed E-state index contributed by atoms with van der Waals surface area (Å²) in [4.78, 5) is 13.4. The number of β-amino-alcohol motifs (C(OH)–C–C–N with tert-alkyl or cyclic N) is 1. The number of nitrogens with one attached hydrogen (secondary N) is 1. The van der Waals surface area contributed by atoms with Gasteiger partial charge in [0.05, 0.1) is 5.60 Å². The topological polar surface area (TPSA) is 93.2 Å². The van der Waals surface area contributed by atoms with Crippen molar-refractivity contribution in [1.29, 1.82) is 0 Å². The molecule has 2 N–H and O–H groups in total. The van der Waals surface area contributed by atoms with Crippen LogP contribution in [-0.2, 0) is 15.0 Å². The fraction of sp³-hybridized carbons (Fsp3) is 0.944. The summed E-state index contributed by atoms with van der Waals surface area (Å²) in [6.45, 7) is 5.94. The lowest BCUT2D eigenvalue weighted by atomic mass is 9.93. The number of carbonyl (C=O) groups is 1. The van der Waals surface area contributed by atoms with E-state index in [4.69, 9.17) is 0 Å². The number of aliphatic hydroxyl groups is 1. The van der Waals surface area contributed by atoms with Crippen molar-refractivity contribution in [1.82, 2.24) is 18.8 Å². The first-order valence-electron chi connectivity index (χ1n) is 10.3. The molecule has 0 aromatic heterocycles. The molecular weight excluding hydrogens is 368 g/mol.